The quantitative estimate of drug-likeness (QED) is 0.203. The van der Waals surface area contributed by atoms with Crippen molar-refractivity contribution >= 4 is 47.8 Å². The second kappa shape index (κ2) is 11.9. The monoisotopic (exact) mass is 530 g/mol. The molecule has 0 fully saturated rings. The summed E-state index contributed by atoms with van der Waals surface area (Å²) in [5, 5.41) is 7.47. The van der Waals surface area contributed by atoms with Gasteiger partial charge in [0.15, 0.2) is 0 Å². The number of rotatable bonds is 10. The molecule has 38 heavy (non-hydrogen) atoms. The lowest BCUT2D eigenvalue weighted by molar-refractivity contribution is 0.347. The molecular formula is C34H34O2Si2. The van der Waals surface area contributed by atoms with Crippen molar-refractivity contribution in [1.82, 2.24) is 0 Å². The predicted octanol–water partition coefficient (Wildman–Crippen LogP) is 3.69. The topological polar surface area (TPSA) is 18.5 Å². The van der Waals surface area contributed by atoms with Crippen molar-refractivity contribution in [2.45, 2.75) is 13.8 Å². The maximum Gasteiger partial charge on any atom is 0.288 e. The molecule has 5 aromatic carbocycles. The van der Waals surface area contributed by atoms with Gasteiger partial charge in [-0.25, -0.2) is 0 Å². The van der Waals surface area contributed by atoms with Crippen LogP contribution in [-0.2, 0) is 8.85 Å². The highest BCUT2D eigenvalue weighted by atomic mass is 28.4. The van der Waals surface area contributed by atoms with Gasteiger partial charge in [0.2, 0.25) is 0 Å². The summed E-state index contributed by atoms with van der Waals surface area (Å²) >= 11 is 0. The van der Waals surface area contributed by atoms with Gasteiger partial charge in [-0.3, -0.25) is 0 Å². The van der Waals surface area contributed by atoms with Crippen molar-refractivity contribution in [3.63, 3.8) is 0 Å². The van der Waals surface area contributed by atoms with Crippen molar-refractivity contribution in [2.24, 2.45) is 0 Å². The molecule has 0 amide bonds. The van der Waals surface area contributed by atoms with E-state index in [1.807, 2.05) is 0 Å². The van der Waals surface area contributed by atoms with E-state index in [0.29, 0.717) is 13.2 Å². The summed E-state index contributed by atoms with van der Waals surface area (Å²) in [6.07, 6.45) is 0. The van der Waals surface area contributed by atoms with Gasteiger partial charge in [0.05, 0.1) is 0 Å². The highest BCUT2D eigenvalue weighted by Crippen LogP contribution is 2.13. The molecule has 2 nitrogen and oxygen atoms in total. The molecule has 190 valence electrons. The maximum absolute atomic E-state index is 6.85. The lowest BCUT2D eigenvalue weighted by atomic mass is 10.3. The van der Waals surface area contributed by atoms with E-state index < -0.39 is 16.6 Å². The minimum atomic E-state index is -2.71. The molecule has 0 radical (unpaired) electrons. The van der Waals surface area contributed by atoms with Gasteiger partial charge in [-0.05, 0) is 45.0 Å². The lowest BCUT2D eigenvalue weighted by Crippen LogP contribution is -2.71. The van der Waals surface area contributed by atoms with E-state index >= 15 is 0 Å². The summed E-state index contributed by atoms with van der Waals surface area (Å²) in [5.41, 5.74) is 0. The Bertz CT molecular complexity index is 1220. The van der Waals surface area contributed by atoms with Crippen molar-refractivity contribution < 1.29 is 8.85 Å². The van der Waals surface area contributed by atoms with E-state index in [4.69, 9.17) is 8.85 Å². The molecule has 0 aliphatic heterocycles. The number of hydrogen-bond donors (Lipinski definition) is 0. The second-order valence-electron chi connectivity index (χ2n) is 9.27. The van der Waals surface area contributed by atoms with Gasteiger partial charge >= 0.3 is 0 Å². The largest absolute Gasteiger partial charge is 0.405 e. The van der Waals surface area contributed by atoms with Crippen LogP contribution < -0.4 is 31.1 Å². The molecule has 5 aromatic rings. The first-order valence-electron chi connectivity index (χ1n) is 13.4. The van der Waals surface area contributed by atoms with Crippen LogP contribution >= 0.6 is 0 Å². The molecule has 0 unspecified atom stereocenters. The summed E-state index contributed by atoms with van der Waals surface area (Å²) < 4.78 is 13.7. The van der Waals surface area contributed by atoms with Crippen LogP contribution in [0.25, 0.3) is 0 Å². The summed E-state index contributed by atoms with van der Waals surface area (Å²) in [6.45, 7) is 5.48. The highest BCUT2D eigenvalue weighted by Gasteiger charge is 2.44. The van der Waals surface area contributed by atoms with Crippen LogP contribution in [0.3, 0.4) is 0 Å². The zero-order valence-electron chi connectivity index (χ0n) is 22.1. The third-order valence-corrected chi connectivity index (χ3v) is 15.5. The van der Waals surface area contributed by atoms with E-state index in [1.54, 1.807) is 0 Å². The van der Waals surface area contributed by atoms with Crippen LogP contribution in [0.4, 0.5) is 0 Å². The third-order valence-electron chi connectivity index (χ3n) is 7.14. The molecule has 0 saturated heterocycles. The summed E-state index contributed by atoms with van der Waals surface area (Å²) in [6, 6.07) is 52.2. The minimum Gasteiger partial charge on any atom is -0.405 e. The Balaban J connectivity index is 1.72. The molecule has 0 spiro atoms. The first-order valence-corrected chi connectivity index (χ1v) is 17.2. The fraction of sp³-hybridized carbons (Fsp3) is 0.118. The van der Waals surface area contributed by atoms with E-state index in [-0.39, 0.29) is 0 Å². The standard InChI is InChI=1S/C34H34O2Si2/c1-3-35-37(29-17-9-5-10-18-29,30-19-11-6-12-20-30)33-25-27-34(28-26-33)38(36-4-2,31-21-13-7-14-22-31)32-23-15-8-16-24-32/h5-28H,3-4H2,1-2H3. The molecule has 0 N–H and O–H groups in total. The van der Waals surface area contributed by atoms with Gasteiger partial charge in [0, 0.05) is 13.2 Å². The average molecular weight is 531 g/mol. The van der Waals surface area contributed by atoms with Crippen molar-refractivity contribution in [3.8, 4) is 0 Å². The maximum atomic E-state index is 6.85. The van der Waals surface area contributed by atoms with Crippen LogP contribution in [0.15, 0.2) is 146 Å². The Morgan fingerprint density at radius 1 is 0.342 bits per heavy atom. The third kappa shape index (κ3) is 4.72. The Hall–Kier alpha value is -3.55. The van der Waals surface area contributed by atoms with Gasteiger partial charge < -0.3 is 8.85 Å². The normalized spacial score (nSPS) is 11.8. The first kappa shape index (κ1) is 26.1. The van der Waals surface area contributed by atoms with E-state index in [9.17, 15) is 0 Å². The molecular weight excluding hydrogens is 497 g/mol. The van der Waals surface area contributed by atoms with Crippen LogP contribution in [-0.4, -0.2) is 29.8 Å². The summed E-state index contributed by atoms with van der Waals surface area (Å²) in [7, 11) is -5.42. The SMILES string of the molecule is CCO[Si](c1ccccc1)(c1ccccc1)c1ccc([Si](OCC)(c2ccccc2)c2ccccc2)cc1. The van der Waals surface area contributed by atoms with E-state index in [1.165, 1.54) is 31.1 Å². The predicted molar refractivity (Wildman–Crippen MR) is 165 cm³/mol. The molecule has 0 atom stereocenters. The zero-order valence-corrected chi connectivity index (χ0v) is 24.1. The highest BCUT2D eigenvalue weighted by molar-refractivity contribution is 7.08. The molecule has 5 rings (SSSR count). The van der Waals surface area contributed by atoms with Crippen molar-refractivity contribution in [3.05, 3.63) is 146 Å². The van der Waals surface area contributed by atoms with Crippen molar-refractivity contribution in [2.75, 3.05) is 13.2 Å². The summed E-state index contributed by atoms with van der Waals surface area (Å²) in [5.74, 6) is 0. The molecule has 0 aromatic heterocycles. The fourth-order valence-corrected chi connectivity index (χ4v) is 13.3. The van der Waals surface area contributed by atoms with Gasteiger partial charge in [-0.1, -0.05) is 146 Å². The van der Waals surface area contributed by atoms with E-state index in [2.05, 4.69) is 159 Å². The van der Waals surface area contributed by atoms with Crippen LogP contribution in [0, 0.1) is 0 Å². The van der Waals surface area contributed by atoms with Gasteiger partial charge in [-0.2, -0.15) is 0 Å². The Morgan fingerprint density at radius 3 is 0.763 bits per heavy atom. The van der Waals surface area contributed by atoms with Crippen molar-refractivity contribution in [1.29, 1.82) is 0 Å². The number of hydrogen-bond acceptors (Lipinski definition) is 2. The second-order valence-corrected chi connectivity index (χ2v) is 16.0. The van der Waals surface area contributed by atoms with Gasteiger partial charge in [0.1, 0.15) is 0 Å². The minimum absolute atomic E-state index is 0.642. The first-order chi connectivity index (χ1) is 18.8. The smallest absolute Gasteiger partial charge is 0.288 e. The van der Waals surface area contributed by atoms with Gasteiger partial charge in [0.25, 0.3) is 16.6 Å². The molecule has 0 bridgehead atoms. The van der Waals surface area contributed by atoms with Crippen LogP contribution in [0.2, 0.25) is 0 Å². The molecule has 0 heterocycles. The zero-order chi connectivity index (χ0) is 26.3. The van der Waals surface area contributed by atoms with Gasteiger partial charge in [-0.15, -0.1) is 0 Å². The fourth-order valence-electron chi connectivity index (χ4n) is 5.56. The van der Waals surface area contributed by atoms with Crippen LogP contribution in [0.1, 0.15) is 13.8 Å². The molecule has 4 heteroatoms. The number of benzene rings is 5. The lowest BCUT2D eigenvalue weighted by Gasteiger charge is -2.35. The van der Waals surface area contributed by atoms with Crippen LogP contribution in [0.5, 0.6) is 0 Å². The Morgan fingerprint density at radius 2 is 0.553 bits per heavy atom. The molecule has 0 saturated carbocycles. The van der Waals surface area contributed by atoms with E-state index in [0.717, 1.165) is 0 Å². The Kier molecular flexibility index (Phi) is 8.15. The molecule has 0 aliphatic rings. The Labute approximate surface area is 228 Å². The summed E-state index contributed by atoms with van der Waals surface area (Å²) in [4.78, 5) is 0. The molecule has 0 aliphatic carbocycles. The average Bonchev–Trinajstić information content (AvgIpc) is 3.01.